The molecule has 0 saturated heterocycles. The summed E-state index contributed by atoms with van der Waals surface area (Å²) in [7, 11) is 1.77. The van der Waals surface area contributed by atoms with Gasteiger partial charge >= 0.3 is 0 Å². The Morgan fingerprint density at radius 1 is 1.19 bits per heavy atom. The molecule has 0 spiro atoms. The van der Waals surface area contributed by atoms with Gasteiger partial charge in [-0.2, -0.15) is 5.10 Å². The third-order valence-electron chi connectivity index (χ3n) is 6.12. The molecular formula is C27H35ClFN3O4S. The Morgan fingerprint density at radius 3 is 2.43 bits per heavy atom. The average molecular weight is 552 g/mol. The van der Waals surface area contributed by atoms with E-state index < -0.39 is 18.1 Å². The van der Waals surface area contributed by atoms with Crippen LogP contribution < -0.4 is 5.32 Å². The first-order valence-electron chi connectivity index (χ1n) is 12.0. The molecule has 7 nitrogen and oxygen atoms in total. The second-order valence-corrected chi connectivity index (χ2v) is 10.2. The summed E-state index contributed by atoms with van der Waals surface area (Å²) in [4.78, 5) is 12.4. The average Bonchev–Trinajstić information content (AvgIpc) is 3.30. The van der Waals surface area contributed by atoms with Gasteiger partial charge in [0.25, 0.3) is 5.91 Å². The molecule has 1 heterocycles. The van der Waals surface area contributed by atoms with Crippen molar-refractivity contribution in [2.24, 2.45) is 18.9 Å². The molecule has 3 rings (SSSR count). The number of hydrogen-bond donors (Lipinski definition) is 4. The minimum absolute atomic E-state index is 0.116. The SMILES string of the molecule is CCCC(C(C)C)C(O)C(O)c1ccnn1C.Cc1ccc(NC(=O)c2ccc(Cl)c(SO)c2)cc1F. The van der Waals surface area contributed by atoms with E-state index in [-0.39, 0.29) is 11.7 Å². The highest BCUT2D eigenvalue weighted by Gasteiger charge is 2.30. The highest BCUT2D eigenvalue weighted by molar-refractivity contribution is 7.93. The van der Waals surface area contributed by atoms with Gasteiger partial charge < -0.3 is 20.1 Å². The number of amides is 1. The number of rotatable bonds is 9. The van der Waals surface area contributed by atoms with Crippen LogP contribution in [0.15, 0.2) is 53.6 Å². The second-order valence-electron chi connectivity index (χ2n) is 9.17. The molecule has 10 heteroatoms. The molecule has 0 radical (unpaired) electrons. The molecule has 0 fully saturated rings. The van der Waals surface area contributed by atoms with Gasteiger partial charge in [0.2, 0.25) is 0 Å². The zero-order valence-corrected chi connectivity index (χ0v) is 23.2. The third-order valence-corrected chi connectivity index (χ3v) is 7.10. The van der Waals surface area contributed by atoms with Crippen molar-refractivity contribution in [2.45, 2.75) is 57.6 Å². The van der Waals surface area contributed by atoms with Gasteiger partial charge in [0.1, 0.15) is 11.9 Å². The predicted molar refractivity (Wildman–Crippen MR) is 146 cm³/mol. The first-order valence-corrected chi connectivity index (χ1v) is 13.2. The fourth-order valence-electron chi connectivity index (χ4n) is 3.90. The van der Waals surface area contributed by atoms with E-state index in [4.69, 9.17) is 16.2 Å². The number of nitrogens with one attached hydrogen (secondary N) is 1. The fourth-order valence-corrected chi connectivity index (χ4v) is 4.46. The third kappa shape index (κ3) is 8.55. The summed E-state index contributed by atoms with van der Waals surface area (Å²) >= 11 is 6.30. The largest absolute Gasteiger partial charge is 0.390 e. The van der Waals surface area contributed by atoms with E-state index in [2.05, 4.69) is 31.2 Å². The van der Waals surface area contributed by atoms with Crippen molar-refractivity contribution in [3.05, 3.63) is 76.3 Å². The Kier molecular flexibility index (Phi) is 12.1. The molecule has 0 aliphatic rings. The molecule has 0 aliphatic carbocycles. The lowest BCUT2D eigenvalue weighted by molar-refractivity contribution is -0.0378. The molecule has 0 saturated carbocycles. The van der Waals surface area contributed by atoms with E-state index in [1.165, 1.54) is 24.3 Å². The smallest absolute Gasteiger partial charge is 0.255 e. The first kappa shape index (κ1) is 30.8. The van der Waals surface area contributed by atoms with Crippen molar-refractivity contribution >= 4 is 35.2 Å². The lowest BCUT2D eigenvalue weighted by atomic mass is 9.83. The summed E-state index contributed by atoms with van der Waals surface area (Å²) in [5.41, 5.74) is 1.87. The van der Waals surface area contributed by atoms with Gasteiger partial charge in [0.05, 0.1) is 21.7 Å². The van der Waals surface area contributed by atoms with Gasteiger partial charge in [0, 0.05) is 36.5 Å². The van der Waals surface area contributed by atoms with E-state index in [1.807, 2.05) is 0 Å². The van der Waals surface area contributed by atoms with E-state index in [0.29, 0.717) is 50.4 Å². The highest BCUT2D eigenvalue weighted by Crippen LogP contribution is 2.29. The lowest BCUT2D eigenvalue weighted by Crippen LogP contribution is -2.32. The van der Waals surface area contributed by atoms with Gasteiger partial charge in [-0.3, -0.25) is 9.48 Å². The molecule has 1 amide bonds. The van der Waals surface area contributed by atoms with Crippen LogP contribution >= 0.6 is 23.6 Å². The summed E-state index contributed by atoms with van der Waals surface area (Å²) in [6.45, 7) is 7.91. The number of nitrogens with zero attached hydrogens (tertiary/aromatic N) is 2. The van der Waals surface area contributed by atoms with Crippen molar-refractivity contribution in [1.29, 1.82) is 0 Å². The maximum Gasteiger partial charge on any atom is 0.255 e. The number of hydrogen-bond acceptors (Lipinski definition) is 6. The first-order chi connectivity index (χ1) is 17.5. The van der Waals surface area contributed by atoms with Crippen molar-refractivity contribution in [2.75, 3.05) is 5.32 Å². The van der Waals surface area contributed by atoms with Gasteiger partial charge in [0.15, 0.2) is 0 Å². The number of anilines is 1. The summed E-state index contributed by atoms with van der Waals surface area (Å²) in [6.07, 6.45) is 1.98. The van der Waals surface area contributed by atoms with Gasteiger partial charge in [-0.05, 0) is 67.1 Å². The van der Waals surface area contributed by atoms with Gasteiger partial charge in [-0.1, -0.05) is 44.9 Å². The maximum absolute atomic E-state index is 13.4. The topological polar surface area (TPSA) is 108 Å². The summed E-state index contributed by atoms with van der Waals surface area (Å²) in [5.74, 6) is -0.316. The number of carbonyl (C=O) groups excluding carboxylic acids is 1. The van der Waals surface area contributed by atoms with E-state index in [0.717, 1.165) is 12.8 Å². The number of carbonyl (C=O) groups is 1. The standard InChI is InChI=1S/C14H11ClFNO2S.C13H24N2O2/c1-8-2-4-10(7-12(8)16)17-14(18)9-3-5-11(15)13(6-9)20-19;1-5-6-10(9(2)3)12(16)13(17)11-7-8-14-15(11)4/h2-7,19H,1H3,(H,17,18);7-10,12-13,16-17H,5-6H2,1-4H3. The van der Waals surface area contributed by atoms with E-state index in [9.17, 15) is 19.4 Å². The molecule has 2 aromatic carbocycles. The molecule has 1 aromatic heterocycles. The van der Waals surface area contributed by atoms with Gasteiger partial charge in [-0.15, -0.1) is 0 Å². The lowest BCUT2D eigenvalue weighted by Gasteiger charge is -2.29. The van der Waals surface area contributed by atoms with Crippen molar-refractivity contribution < 1.29 is 24.0 Å². The van der Waals surface area contributed by atoms with Crippen LogP contribution in [0.3, 0.4) is 0 Å². The Hall–Kier alpha value is -2.43. The fraction of sp³-hybridized carbons (Fsp3) is 0.407. The molecule has 0 bridgehead atoms. The molecule has 0 aliphatic heterocycles. The number of aryl methyl sites for hydroxylation is 2. The Bertz CT molecular complexity index is 1170. The molecule has 37 heavy (non-hydrogen) atoms. The number of aliphatic hydroxyl groups is 2. The quantitative estimate of drug-likeness (QED) is 0.226. The normalized spacial score (nSPS) is 13.5. The van der Waals surface area contributed by atoms with Crippen LogP contribution in [-0.4, -0.2) is 36.6 Å². The molecule has 3 aromatic rings. The van der Waals surface area contributed by atoms with Crippen LogP contribution in [-0.2, 0) is 7.05 Å². The van der Waals surface area contributed by atoms with Crippen LogP contribution in [0.4, 0.5) is 10.1 Å². The highest BCUT2D eigenvalue weighted by atomic mass is 35.5. The molecule has 3 unspecified atom stereocenters. The molecule has 202 valence electrons. The molecule has 3 atom stereocenters. The van der Waals surface area contributed by atoms with Crippen LogP contribution in [0.1, 0.15) is 61.3 Å². The van der Waals surface area contributed by atoms with Crippen LogP contribution in [0.2, 0.25) is 5.02 Å². The second kappa shape index (κ2) is 14.5. The Labute approximate surface area is 226 Å². The van der Waals surface area contributed by atoms with E-state index in [1.54, 1.807) is 43.0 Å². The van der Waals surface area contributed by atoms with E-state index >= 15 is 0 Å². The summed E-state index contributed by atoms with van der Waals surface area (Å²) in [6, 6.07) is 10.7. The monoisotopic (exact) mass is 551 g/mol. The van der Waals surface area contributed by atoms with Crippen LogP contribution in [0, 0.1) is 24.6 Å². The predicted octanol–water partition coefficient (Wildman–Crippen LogP) is 6.49. The Morgan fingerprint density at radius 2 is 1.89 bits per heavy atom. The molecular weight excluding hydrogens is 517 g/mol. The number of halogens is 2. The minimum Gasteiger partial charge on any atom is -0.390 e. The number of benzene rings is 2. The maximum atomic E-state index is 13.4. The zero-order valence-electron chi connectivity index (χ0n) is 21.7. The van der Waals surface area contributed by atoms with Crippen molar-refractivity contribution in [1.82, 2.24) is 9.78 Å². The Balaban J connectivity index is 0.000000264. The summed E-state index contributed by atoms with van der Waals surface area (Å²) in [5, 5.41) is 27.4. The van der Waals surface area contributed by atoms with Crippen molar-refractivity contribution in [3.8, 4) is 0 Å². The van der Waals surface area contributed by atoms with Crippen LogP contribution in [0.25, 0.3) is 0 Å². The minimum atomic E-state index is -0.860. The summed E-state index contributed by atoms with van der Waals surface area (Å²) < 4.78 is 24.0. The van der Waals surface area contributed by atoms with Crippen LogP contribution in [0.5, 0.6) is 0 Å². The number of aromatic nitrogens is 2. The van der Waals surface area contributed by atoms with Crippen molar-refractivity contribution in [3.63, 3.8) is 0 Å². The molecule has 4 N–H and O–H groups in total. The van der Waals surface area contributed by atoms with Gasteiger partial charge in [-0.25, -0.2) is 4.39 Å². The zero-order chi connectivity index (χ0) is 27.7. The number of aliphatic hydroxyl groups excluding tert-OH is 2.